The van der Waals surface area contributed by atoms with Crippen LogP contribution in [0.2, 0.25) is 0 Å². The van der Waals surface area contributed by atoms with Gasteiger partial charge in [0.2, 0.25) is 0 Å². The fourth-order valence-electron chi connectivity index (χ4n) is 2.64. The fraction of sp³-hybridized carbons (Fsp3) is 0.250. The molecule has 0 aliphatic carbocycles. The van der Waals surface area contributed by atoms with E-state index < -0.39 is 0 Å². The van der Waals surface area contributed by atoms with E-state index in [1.54, 1.807) is 12.4 Å². The van der Waals surface area contributed by atoms with Crippen LogP contribution in [0.4, 0.5) is 5.69 Å². The van der Waals surface area contributed by atoms with Gasteiger partial charge in [-0.15, -0.1) is 0 Å². The van der Waals surface area contributed by atoms with E-state index in [-0.39, 0.29) is 5.41 Å². The van der Waals surface area contributed by atoms with Crippen molar-refractivity contribution >= 4 is 16.7 Å². The Morgan fingerprint density at radius 2 is 1.80 bits per heavy atom. The van der Waals surface area contributed by atoms with Gasteiger partial charge in [0.25, 0.3) is 0 Å². The number of benzene rings is 1. The Bertz CT molecular complexity index is 754. The molecule has 3 rings (SSSR count). The second-order valence-corrected chi connectivity index (χ2v) is 5.61. The molecule has 0 radical (unpaired) electrons. The van der Waals surface area contributed by atoms with E-state index in [4.69, 9.17) is 10.7 Å². The average Bonchev–Trinajstić information content (AvgIpc) is 2.78. The molecule has 0 amide bonds. The molecule has 0 unspecified atom stereocenters. The number of aromatic nitrogens is 3. The Kier molecular flexibility index (Phi) is 2.74. The van der Waals surface area contributed by atoms with Gasteiger partial charge in [-0.1, -0.05) is 12.1 Å². The monoisotopic (exact) mass is 266 g/mol. The van der Waals surface area contributed by atoms with E-state index >= 15 is 0 Å². The van der Waals surface area contributed by atoms with Crippen molar-refractivity contribution in [1.29, 1.82) is 0 Å². The highest BCUT2D eigenvalue weighted by Crippen LogP contribution is 2.32. The van der Waals surface area contributed by atoms with Gasteiger partial charge in [0, 0.05) is 24.3 Å². The third-order valence-corrected chi connectivity index (χ3v) is 3.87. The second kappa shape index (κ2) is 4.34. The number of nitrogens with two attached hydrogens (primary N) is 1. The van der Waals surface area contributed by atoms with Crippen LogP contribution in [0, 0.1) is 0 Å². The molecule has 0 saturated heterocycles. The molecule has 0 aliphatic rings. The van der Waals surface area contributed by atoms with Crippen LogP contribution in [-0.2, 0) is 12.5 Å². The predicted molar refractivity (Wildman–Crippen MR) is 81.5 cm³/mol. The number of nitrogens with zero attached hydrogens (tertiary/aromatic N) is 3. The second-order valence-electron chi connectivity index (χ2n) is 5.61. The Hall–Kier alpha value is -2.36. The summed E-state index contributed by atoms with van der Waals surface area (Å²) in [6.07, 6.45) is 3.60. The SMILES string of the molecule is Cn1c(C(C)(C)c2ccc(N)cc2)nc2cnccc21. The molecule has 102 valence electrons. The van der Waals surface area contributed by atoms with Crippen molar-refractivity contribution in [2.24, 2.45) is 7.05 Å². The maximum atomic E-state index is 5.77. The molecular formula is C16H18N4. The Morgan fingerprint density at radius 3 is 2.45 bits per heavy atom. The lowest BCUT2D eigenvalue weighted by atomic mass is 9.83. The van der Waals surface area contributed by atoms with E-state index in [1.807, 2.05) is 25.2 Å². The number of nitrogen functional groups attached to an aromatic ring is 1. The highest BCUT2D eigenvalue weighted by atomic mass is 15.1. The zero-order chi connectivity index (χ0) is 14.3. The van der Waals surface area contributed by atoms with Crippen LogP contribution >= 0.6 is 0 Å². The van der Waals surface area contributed by atoms with Crippen molar-refractivity contribution in [2.75, 3.05) is 5.73 Å². The van der Waals surface area contributed by atoms with Gasteiger partial charge in [0.05, 0.1) is 11.7 Å². The van der Waals surface area contributed by atoms with Gasteiger partial charge in [-0.2, -0.15) is 0 Å². The number of fused-ring (bicyclic) bond motifs is 1. The standard InChI is InChI=1S/C16H18N4/c1-16(2,11-4-6-12(17)7-5-11)15-19-13-10-18-9-8-14(13)20(15)3/h4-10H,17H2,1-3H3. The van der Waals surface area contributed by atoms with Crippen molar-refractivity contribution < 1.29 is 0 Å². The van der Waals surface area contributed by atoms with E-state index in [2.05, 4.69) is 35.5 Å². The number of imidazole rings is 1. The lowest BCUT2D eigenvalue weighted by molar-refractivity contribution is 0.568. The first-order valence-corrected chi connectivity index (χ1v) is 6.63. The van der Waals surface area contributed by atoms with Gasteiger partial charge in [-0.05, 0) is 37.6 Å². The zero-order valence-corrected chi connectivity index (χ0v) is 12.0. The van der Waals surface area contributed by atoms with Gasteiger partial charge >= 0.3 is 0 Å². The molecule has 0 saturated carbocycles. The number of aryl methyl sites for hydroxylation is 1. The molecule has 0 fully saturated rings. The van der Waals surface area contributed by atoms with Gasteiger partial charge in [0.15, 0.2) is 0 Å². The molecule has 4 heteroatoms. The number of anilines is 1. The van der Waals surface area contributed by atoms with Crippen LogP contribution in [0.5, 0.6) is 0 Å². The highest BCUT2D eigenvalue weighted by Gasteiger charge is 2.28. The van der Waals surface area contributed by atoms with Crippen molar-refractivity contribution in [1.82, 2.24) is 14.5 Å². The summed E-state index contributed by atoms with van der Waals surface area (Å²) in [5.41, 5.74) is 9.57. The van der Waals surface area contributed by atoms with Crippen LogP contribution < -0.4 is 5.73 Å². The molecule has 3 aromatic rings. The first-order chi connectivity index (χ1) is 9.50. The smallest absolute Gasteiger partial charge is 0.119 e. The number of rotatable bonds is 2. The minimum absolute atomic E-state index is 0.193. The maximum Gasteiger partial charge on any atom is 0.119 e. The summed E-state index contributed by atoms with van der Waals surface area (Å²) in [6.45, 7) is 4.35. The third kappa shape index (κ3) is 1.84. The molecule has 4 nitrogen and oxygen atoms in total. The fourth-order valence-corrected chi connectivity index (χ4v) is 2.64. The van der Waals surface area contributed by atoms with E-state index in [9.17, 15) is 0 Å². The summed E-state index contributed by atoms with van der Waals surface area (Å²) in [4.78, 5) is 8.89. The normalized spacial score (nSPS) is 11.9. The Morgan fingerprint density at radius 1 is 1.10 bits per heavy atom. The molecule has 20 heavy (non-hydrogen) atoms. The summed E-state index contributed by atoms with van der Waals surface area (Å²) in [6, 6.07) is 9.98. The average molecular weight is 266 g/mol. The lowest BCUT2D eigenvalue weighted by Crippen LogP contribution is -2.23. The van der Waals surface area contributed by atoms with E-state index in [0.29, 0.717) is 0 Å². The summed E-state index contributed by atoms with van der Waals surface area (Å²) < 4.78 is 2.13. The molecular weight excluding hydrogens is 248 g/mol. The Labute approximate surface area is 118 Å². The van der Waals surface area contributed by atoms with Gasteiger partial charge < -0.3 is 10.3 Å². The van der Waals surface area contributed by atoms with Crippen LogP contribution in [0.15, 0.2) is 42.7 Å². The summed E-state index contributed by atoms with van der Waals surface area (Å²) in [5.74, 6) is 1.02. The minimum atomic E-state index is -0.193. The van der Waals surface area contributed by atoms with E-state index in [1.165, 1.54) is 5.56 Å². The lowest BCUT2D eigenvalue weighted by Gasteiger charge is -2.25. The quantitative estimate of drug-likeness (QED) is 0.726. The highest BCUT2D eigenvalue weighted by molar-refractivity contribution is 5.75. The van der Waals surface area contributed by atoms with Crippen molar-refractivity contribution in [3.8, 4) is 0 Å². The predicted octanol–water partition coefficient (Wildman–Crippen LogP) is 2.88. The topological polar surface area (TPSA) is 56.7 Å². The molecule has 0 aliphatic heterocycles. The molecule has 1 aromatic carbocycles. The number of pyridine rings is 1. The maximum absolute atomic E-state index is 5.77. The Balaban J connectivity index is 2.18. The largest absolute Gasteiger partial charge is 0.399 e. The van der Waals surface area contributed by atoms with Crippen molar-refractivity contribution in [3.05, 3.63) is 54.1 Å². The van der Waals surface area contributed by atoms with Crippen molar-refractivity contribution in [3.63, 3.8) is 0 Å². The van der Waals surface area contributed by atoms with Crippen LogP contribution in [0.25, 0.3) is 11.0 Å². The molecule has 0 spiro atoms. The van der Waals surface area contributed by atoms with Gasteiger partial charge in [-0.3, -0.25) is 4.98 Å². The third-order valence-electron chi connectivity index (χ3n) is 3.87. The first kappa shape index (κ1) is 12.7. The molecule has 2 heterocycles. The summed E-state index contributed by atoms with van der Waals surface area (Å²) >= 11 is 0. The first-order valence-electron chi connectivity index (χ1n) is 6.63. The molecule has 0 bridgehead atoms. The van der Waals surface area contributed by atoms with Crippen LogP contribution in [0.3, 0.4) is 0 Å². The summed E-state index contributed by atoms with van der Waals surface area (Å²) in [5, 5.41) is 0. The summed E-state index contributed by atoms with van der Waals surface area (Å²) in [7, 11) is 2.05. The van der Waals surface area contributed by atoms with Gasteiger partial charge in [0.1, 0.15) is 11.3 Å². The zero-order valence-electron chi connectivity index (χ0n) is 12.0. The van der Waals surface area contributed by atoms with Crippen LogP contribution in [0.1, 0.15) is 25.2 Å². The van der Waals surface area contributed by atoms with E-state index in [0.717, 1.165) is 22.5 Å². The number of hydrogen-bond donors (Lipinski definition) is 1. The number of hydrogen-bond acceptors (Lipinski definition) is 3. The minimum Gasteiger partial charge on any atom is -0.399 e. The molecule has 0 atom stereocenters. The van der Waals surface area contributed by atoms with Crippen LogP contribution in [-0.4, -0.2) is 14.5 Å². The van der Waals surface area contributed by atoms with Crippen molar-refractivity contribution in [2.45, 2.75) is 19.3 Å². The molecule has 2 N–H and O–H groups in total. The molecule has 2 aromatic heterocycles. The van der Waals surface area contributed by atoms with Gasteiger partial charge in [-0.25, -0.2) is 4.98 Å².